The van der Waals surface area contributed by atoms with E-state index in [4.69, 9.17) is 4.74 Å². The fourth-order valence-corrected chi connectivity index (χ4v) is 3.69. The minimum atomic E-state index is -5.10. The molecule has 1 aliphatic heterocycles. The van der Waals surface area contributed by atoms with Gasteiger partial charge in [0.15, 0.2) is 11.5 Å². The molecule has 0 spiro atoms. The van der Waals surface area contributed by atoms with Gasteiger partial charge in [-0.15, -0.1) is 0 Å². The summed E-state index contributed by atoms with van der Waals surface area (Å²) in [6, 6.07) is 3.04. The number of aliphatic hydroxyl groups is 1. The smallest absolute Gasteiger partial charge is 0.422 e. The molecule has 3 N–H and O–H groups in total. The van der Waals surface area contributed by atoms with E-state index in [0.717, 1.165) is 30.0 Å². The van der Waals surface area contributed by atoms with Crippen LogP contribution in [-0.4, -0.2) is 63.3 Å². The maximum Gasteiger partial charge on any atom is 0.422 e. The SMILES string of the molecule is COc1cc2ncc(-c3nc(N[C@@H]4CNCC[C@H]4F)c(C#N)cc3F)n2nc1C(C)(O)C(F)(F)F. The van der Waals surface area contributed by atoms with E-state index in [9.17, 15) is 32.3 Å². The van der Waals surface area contributed by atoms with Crippen LogP contribution in [0, 0.1) is 17.1 Å². The topological polar surface area (TPSA) is 120 Å². The van der Waals surface area contributed by atoms with Crippen molar-refractivity contribution in [1.82, 2.24) is 24.9 Å². The van der Waals surface area contributed by atoms with E-state index in [0.29, 0.717) is 13.5 Å². The van der Waals surface area contributed by atoms with Gasteiger partial charge >= 0.3 is 6.18 Å². The van der Waals surface area contributed by atoms with Crippen LogP contribution < -0.4 is 15.4 Å². The third kappa shape index (κ3) is 4.32. The number of nitrogens with one attached hydrogen (secondary N) is 2. The van der Waals surface area contributed by atoms with Gasteiger partial charge in [0, 0.05) is 12.6 Å². The highest BCUT2D eigenvalue weighted by Crippen LogP contribution is 2.41. The number of methoxy groups -OCH3 is 1. The molecule has 3 aromatic heterocycles. The number of piperidine rings is 1. The Hall–Kier alpha value is -3.57. The normalized spacial score (nSPS) is 20.3. The Balaban J connectivity index is 1.86. The third-order valence-electron chi connectivity index (χ3n) is 5.75. The average molecular weight is 497 g/mol. The first-order chi connectivity index (χ1) is 16.5. The van der Waals surface area contributed by atoms with Gasteiger partial charge in [-0.3, -0.25) is 0 Å². The summed E-state index contributed by atoms with van der Waals surface area (Å²) in [4.78, 5) is 8.15. The van der Waals surface area contributed by atoms with Crippen LogP contribution in [0.1, 0.15) is 24.6 Å². The number of anilines is 1. The number of halogens is 5. The number of alkyl halides is 4. The Morgan fingerprint density at radius 1 is 1.34 bits per heavy atom. The maximum atomic E-state index is 15.0. The first-order valence-electron chi connectivity index (χ1n) is 10.4. The number of aromatic nitrogens is 4. The number of hydrogen-bond acceptors (Lipinski definition) is 8. The monoisotopic (exact) mass is 497 g/mol. The Kier molecular flexibility index (Phi) is 6.24. The average Bonchev–Trinajstić information content (AvgIpc) is 3.22. The number of nitriles is 1. The molecule has 0 saturated carbocycles. The third-order valence-corrected chi connectivity index (χ3v) is 5.75. The molecule has 0 amide bonds. The van der Waals surface area contributed by atoms with Gasteiger partial charge in [-0.2, -0.15) is 23.5 Å². The Bertz CT molecular complexity index is 1300. The molecule has 4 heterocycles. The van der Waals surface area contributed by atoms with Crippen molar-refractivity contribution in [2.45, 2.75) is 37.3 Å². The summed E-state index contributed by atoms with van der Waals surface area (Å²) in [5.74, 6) is -1.47. The van der Waals surface area contributed by atoms with Crippen LogP contribution in [0.25, 0.3) is 17.0 Å². The minimum absolute atomic E-state index is 0.0149. The van der Waals surface area contributed by atoms with Crippen LogP contribution >= 0.6 is 0 Å². The predicted molar refractivity (Wildman–Crippen MR) is 113 cm³/mol. The summed E-state index contributed by atoms with van der Waals surface area (Å²) in [5.41, 5.74) is -5.03. The number of ether oxygens (including phenoxy) is 1. The van der Waals surface area contributed by atoms with Gasteiger partial charge in [0.25, 0.3) is 0 Å². The van der Waals surface area contributed by atoms with Gasteiger partial charge in [-0.05, 0) is 26.0 Å². The number of hydrogen-bond donors (Lipinski definition) is 3. The maximum absolute atomic E-state index is 15.0. The molecule has 9 nitrogen and oxygen atoms in total. The van der Waals surface area contributed by atoms with Crippen molar-refractivity contribution in [3.05, 3.63) is 35.4 Å². The lowest BCUT2D eigenvalue weighted by Gasteiger charge is -2.28. The van der Waals surface area contributed by atoms with E-state index < -0.39 is 41.2 Å². The van der Waals surface area contributed by atoms with Crippen LogP contribution in [0.3, 0.4) is 0 Å². The summed E-state index contributed by atoms with van der Waals surface area (Å²) in [6.07, 6.45) is -4.99. The number of pyridine rings is 1. The second-order valence-electron chi connectivity index (χ2n) is 8.13. The van der Waals surface area contributed by atoms with Crippen molar-refractivity contribution in [1.29, 1.82) is 5.26 Å². The molecule has 1 unspecified atom stereocenters. The van der Waals surface area contributed by atoms with Crippen molar-refractivity contribution < 1.29 is 31.8 Å². The summed E-state index contributed by atoms with van der Waals surface area (Å²) < 4.78 is 75.7. The molecule has 0 bridgehead atoms. The molecule has 3 atom stereocenters. The van der Waals surface area contributed by atoms with Crippen LogP contribution in [0.15, 0.2) is 18.3 Å². The van der Waals surface area contributed by atoms with Gasteiger partial charge in [0.2, 0.25) is 5.60 Å². The van der Waals surface area contributed by atoms with Gasteiger partial charge in [-0.1, -0.05) is 0 Å². The molecule has 186 valence electrons. The summed E-state index contributed by atoms with van der Waals surface area (Å²) in [6.45, 7) is 1.23. The highest BCUT2D eigenvalue weighted by Gasteiger charge is 2.54. The number of rotatable bonds is 5. The number of nitrogens with zero attached hydrogens (tertiary/aromatic N) is 5. The van der Waals surface area contributed by atoms with Crippen molar-refractivity contribution in [3.8, 4) is 23.2 Å². The van der Waals surface area contributed by atoms with Gasteiger partial charge in [0.1, 0.15) is 40.9 Å². The summed E-state index contributed by atoms with van der Waals surface area (Å²) >= 11 is 0. The fraction of sp³-hybridized carbons (Fsp3) is 0.429. The number of fused-ring (bicyclic) bond motifs is 1. The van der Waals surface area contributed by atoms with Crippen LogP contribution in [0.2, 0.25) is 0 Å². The molecule has 0 aromatic carbocycles. The molecule has 0 radical (unpaired) electrons. The lowest BCUT2D eigenvalue weighted by atomic mass is 10.0. The molecule has 1 aliphatic rings. The second-order valence-corrected chi connectivity index (χ2v) is 8.13. The van der Waals surface area contributed by atoms with E-state index in [1.807, 2.05) is 0 Å². The lowest BCUT2D eigenvalue weighted by molar-refractivity contribution is -0.261. The quantitative estimate of drug-likeness (QED) is 0.461. The van der Waals surface area contributed by atoms with Crippen molar-refractivity contribution in [2.24, 2.45) is 0 Å². The first kappa shape index (κ1) is 24.6. The molecular weight excluding hydrogens is 477 g/mol. The Morgan fingerprint density at radius 2 is 2.09 bits per heavy atom. The highest BCUT2D eigenvalue weighted by molar-refractivity contribution is 5.66. The molecule has 1 saturated heterocycles. The van der Waals surface area contributed by atoms with E-state index in [1.54, 1.807) is 6.07 Å². The van der Waals surface area contributed by atoms with Crippen LogP contribution in [-0.2, 0) is 5.60 Å². The van der Waals surface area contributed by atoms with E-state index in [-0.39, 0.29) is 41.4 Å². The largest absolute Gasteiger partial charge is 0.495 e. The van der Waals surface area contributed by atoms with E-state index in [1.165, 1.54) is 0 Å². The van der Waals surface area contributed by atoms with E-state index >= 15 is 0 Å². The first-order valence-corrected chi connectivity index (χ1v) is 10.4. The summed E-state index contributed by atoms with van der Waals surface area (Å²) in [5, 5.41) is 29.3. The lowest BCUT2D eigenvalue weighted by Crippen LogP contribution is -2.46. The van der Waals surface area contributed by atoms with Crippen molar-refractivity contribution in [3.63, 3.8) is 0 Å². The fourth-order valence-electron chi connectivity index (χ4n) is 3.69. The zero-order valence-corrected chi connectivity index (χ0v) is 18.5. The van der Waals surface area contributed by atoms with Crippen LogP contribution in [0.5, 0.6) is 5.75 Å². The molecule has 1 fully saturated rings. The highest BCUT2D eigenvalue weighted by atomic mass is 19.4. The van der Waals surface area contributed by atoms with Crippen LogP contribution in [0.4, 0.5) is 27.8 Å². The van der Waals surface area contributed by atoms with Gasteiger partial charge in [-0.25, -0.2) is 23.3 Å². The zero-order valence-electron chi connectivity index (χ0n) is 18.5. The standard InChI is InChI=1S/C21H20F5N7O2/c1-20(34,21(24,25)26)18-15(35-2)6-16-29-9-14(33(16)32-18)17-12(23)5-10(7-27)19(31-17)30-13-8-28-4-3-11(13)22/h5-6,9,11,13,28,34H,3-4,8H2,1-2H3,(H,30,31)/t11-,13-,20?/m1/s1. The summed E-state index contributed by atoms with van der Waals surface area (Å²) in [7, 11) is 1.10. The Morgan fingerprint density at radius 3 is 2.71 bits per heavy atom. The molecular formula is C21H20F5N7O2. The molecule has 4 rings (SSSR count). The molecule has 35 heavy (non-hydrogen) atoms. The van der Waals surface area contributed by atoms with Gasteiger partial charge in [0.05, 0.1) is 24.9 Å². The zero-order chi connectivity index (χ0) is 25.5. The molecule has 0 aliphatic carbocycles. The van der Waals surface area contributed by atoms with Crippen molar-refractivity contribution in [2.75, 3.05) is 25.5 Å². The molecule has 3 aromatic rings. The van der Waals surface area contributed by atoms with E-state index in [2.05, 4.69) is 25.7 Å². The second kappa shape index (κ2) is 8.90. The number of imidazole rings is 1. The predicted octanol–water partition coefficient (Wildman–Crippen LogP) is 2.69. The Labute approximate surface area is 195 Å². The molecule has 14 heteroatoms. The van der Waals surface area contributed by atoms with Crippen molar-refractivity contribution >= 4 is 11.5 Å². The minimum Gasteiger partial charge on any atom is -0.495 e. The van der Waals surface area contributed by atoms with Gasteiger partial charge < -0.3 is 20.5 Å².